The number of aromatic nitrogens is 4. The number of anilines is 3. The minimum atomic E-state index is -4.66. The number of halogens is 6. The standard InChI is InChI=1S/C16H19F6N7O/c1-8-10(25-13-24-5-9(16(20,21)22)11(23-4)26-13)6-29(28-8)14(2,3)12(30)27-15(18,19)7-17/h5-6H,7H2,1-4H3,(H,27,30)(H2,23,24,25,26). The molecule has 0 atom stereocenters. The first-order chi connectivity index (χ1) is 13.7. The van der Waals surface area contributed by atoms with Gasteiger partial charge in [0.25, 0.3) is 5.91 Å². The zero-order valence-corrected chi connectivity index (χ0v) is 16.3. The molecule has 0 aliphatic carbocycles. The van der Waals surface area contributed by atoms with E-state index in [4.69, 9.17) is 0 Å². The van der Waals surface area contributed by atoms with Gasteiger partial charge in [0.05, 0.1) is 17.6 Å². The summed E-state index contributed by atoms with van der Waals surface area (Å²) in [6.45, 7) is 1.99. The van der Waals surface area contributed by atoms with Gasteiger partial charge < -0.3 is 10.6 Å². The van der Waals surface area contributed by atoms with Crippen molar-refractivity contribution >= 4 is 23.4 Å². The molecule has 0 aliphatic heterocycles. The lowest BCUT2D eigenvalue weighted by atomic mass is 10.1. The maximum Gasteiger partial charge on any atom is 0.421 e. The van der Waals surface area contributed by atoms with Crippen LogP contribution >= 0.6 is 0 Å². The molecule has 30 heavy (non-hydrogen) atoms. The Morgan fingerprint density at radius 2 is 1.83 bits per heavy atom. The van der Waals surface area contributed by atoms with Crippen molar-refractivity contribution in [2.75, 3.05) is 24.4 Å². The van der Waals surface area contributed by atoms with Crippen LogP contribution in [0.3, 0.4) is 0 Å². The van der Waals surface area contributed by atoms with Gasteiger partial charge in [-0.25, -0.2) is 9.37 Å². The number of amides is 1. The summed E-state index contributed by atoms with van der Waals surface area (Å²) < 4.78 is 78.5. The van der Waals surface area contributed by atoms with Crippen LogP contribution in [0.2, 0.25) is 0 Å². The fourth-order valence-electron chi connectivity index (χ4n) is 2.29. The maximum atomic E-state index is 13.2. The summed E-state index contributed by atoms with van der Waals surface area (Å²) in [6.07, 6.45) is -2.79. The van der Waals surface area contributed by atoms with Gasteiger partial charge in [0.2, 0.25) is 5.95 Å². The molecule has 0 unspecified atom stereocenters. The van der Waals surface area contributed by atoms with E-state index in [2.05, 4.69) is 25.7 Å². The normalized spacial score (nSPS) is 12.6. The van der Waals surface area contributed by atoms with Gasteiger partial charge in [0.15, 0.2) is 6.67 Å². The van der Waals surface area contributed by atoms with Crippen LogP contribution in [-0.4, -0.2) is 45.4 Å². The van der Waals surface area contributed by atoms with E-state index in [0.29, 0.717) is 6.20 Å². The molecule has 0 spiro atoms. The summed E-state index contributed by atoms with van der Waals surface area (Å²) in [4.78, 5) is 19.5. The number of carbonyl (C=O) groups is 1. The number of nitrogens with one attached hydrogen (secondary N) is 3. The van der Waals surface area contributed by atoms with Gasteiger partial charge in [-0.3, -0.25) is 14.8 Å². The highest BCUT2D eigenvalue weighted by Gasteiger charge is 2.39. The molecule has 0 aromatic carbocycles. The Balaban J connectivity index is 2.29. The number of carbonyl (C=O) groups excluding carboxylic acids is 1. The van der Waals surface area contributed by atoms with Gasteiger partial charge in [-0.15, -0.1) is 0 Å². The number of hydrogen-bond donors (Lipinski definition) is 3. The molecular formula is C16H19F6N7O. The summed E-state index contributed by atoms with van der Waals surface area (Å²) in [7, 11) is 1.26. The van der Waals surface area contributed by atoms with E-state index in [1.165, 1.54) is 39.3 Å². The van der Waals surface area contributed by atoms with Crippen molar-refractivity contribution in [3.63, 3.8) is 0 Å². The SMILES string of the molecule is CNc1nc(Nc2cn(C(C)(C)C(=O)NC(F)(F)CF)nc2C)ncc1C(F)(F)F. The van der Waals surface area contributed by atoms with Crippen molar-refractivity contribution in [1.29, 1.82) is 0 Å². The molecule has 2 aromatic rings. The average molecular weight is 439 g/mol. The Morgan fingerprint density at radius 3 is 2.37 bits per heavy atom. The van der Waals surface area contributed by atoms with Crippen molar-refractivity contribution in [2.45, 2.75) is 38.5 Å². The van der Waals surface area contributed by atoms with Gasteiger partial charge in [-0.1, -0.05) is 0 Å². The van der Waals surface area contributed by atoms with Crippen molar-refractivity contribution in [2.24, 2.45) is 0 Å². The number of hydrogen-bond acceptors (Lipinski definition) is 6. The average Bonchev–Trinajstić information content (AvgIpc) is 3.01. The lowest BCUT2D eigenvalue weighted by Gasteiger charge is -2.26. The Hall–Kier alpha value is -3.06. The largest absolute Gasteiger partial charge is 0.421 e. The van der Waals surface area contributed by atoms with E-state index in [1.54, 1.807) is 0 Å². The predicted molar refractivity (Wildman–Crippen MR) is 95.2 cm³/mol. The van der Waals surface area contributed by atoms with Crippen molar-refractivity contribution in [1.82, 2.24) is 25.1 Å². The van der Waals surface area contributed by atoms with Crippen LogP contribution in [0.4, 0.5) is 43.8 Å². The fourth-order valence-corrected chi connectivity index (χ4v) is 2.29. The molecule has 166 valence electrons. The van der Waals surface area contributed by atoms with Gasteiger partial charge >= 0.3 is 12.2 Å². The quantitative estimate of drug-likeness (QED) is 0.453. The van der Waals surface area contributed by atoms with Crippen LogP contribution < -0.4 is 16.0 Å². The molecule has 1 amide bonds. The minimum absolute atomic E-state index is 0.193. The number of aryl methyl sites for hydroxylation is 1. The van der Waals surface area contributed by atoms with E-state index < -0.39 is 41.7 Å². The van der Waals surface area contributed by atoms with Gasteiger partial charge in [0.1, 0.15) is 16.9 Å². The highest BCUT2D eigenvalue weighted by molar-refractivity contribution is 5.84. The third kappa shape index (κ3) is 4.91. The molecule has 0 saturated heterocycles. The fraction of sp³-hybridized carbons (Fsp3) is 0.500. The molecule has 0 aliphatic rings. The number of alkyl halides is 6. The number of rotatable bonds is 7. The van der Waals surface area contributed by atoms with Crippen molar-refractivity contribution in [3.05, 3.63) is 23.7 Å². The second-order valence-corrected chi connectivity index (χ2v) is 6.75. The first-order valence-corrected chi connectivity index (χ1v) is 8.43. The zero-order valence-electron chi connectivity index (χ0n) is 16.3. The molecular weight excluding hydrogens is 420 g/mol. The van der Waals surface area contributed by atoms with Crippen molar-refractivity contribution < 1.29 is 31.1 Å². The highest BCUT2D eigenvalue weighted by Crippen LogP contribution is 2.34. The molecule has 14 heteroatoms. The third-order valence-corrected chi connectivity index (χ3v) is 4.07. The Morgan fingerprint density at radius 1 is 1.20 bits per heavy atom. The second-order valence-electron chi connectivity index (χ2n) is 6.75. The molecule has 2 aromatic heterocycles. The molecule has 0 radical (unpaired) electrons. The van der Waals surface area contributed by atoms with E-state index >= 15 is 0 Å². The van der Waals surface area contributed by atoms with E-state index in [-0.39, 0.29) is 17.3 Å². The third-order valence-electron chi connectivity index (χ3n) is 4.07. The Bertz CT molecular complexity index is 925. The smallest absolute Gasteiger partial charge is 0.372 e. The van der Waals surface area contributed by atoms with Crippen molar-refractivity contribution in [3.8, 4) is 0 Å². The van der Waals surface area contributed by atoms with E-state index in [9.17, 15) is 31.1 Å². The first-order valence-electron chi connectivity index (χ1n) is 8.43. The summed E-state index contributed by atoms with van der Waals surface area (Å²) in [6, 6.07) is -4.03. The van der Waals surface area contributed by atoms with Gasteiger partial charge in [-0.05, 0) is 20.8 Å². The van der Waals surface area contributed by atoms with Crippen LogP contribution in [0.5, 0.6) is 0 Å². The number of nitrogens with zero attached hydrogens (tertiary/aromatic N) is 4. The lowest BCUT2D eigenvalue weighted by molar-refractivity contribution is -0.142. The van der Waals surface area contributed by atoms with Crippen LogP contribution in [0.1, 0.15) is 25.1 Å². The summed E-state index contributed by atoms with van der Waals surface area (Å²) in [5.74, 6) is -1.85. The van der Waals surface area contributed by atoms with E-state index in [1.807, 2.05) is 0 Å². The first kappa shape index (κ1) is 23.2. The Labute approximate surface area is 167 Å². The molecule has 2 heterocycles. The molecule has 0 saturated carbocycles. The van der Waals surface area contributed by atoms with Crippen LogP contribution in [-0.2, 0) is 16.5 Å². The summed E-state index contributed by atoms with van der Waals surface area (Å²) in [5.41, 5.74) is -2.20. The molecule has 0 fully saturated rings. The van der Waals surface area contributed by atoms with Crippen LogP contribution in [0.15, 0.2) is 12.4 Å². The lowest BCUT2D eigenvalue weighted by Crippen LogP contribution is -2.52. The molecule has 3 N–H and O–H groups in total. The summed E-state index contributed by atoms with van der Waals surface area (Å²) in [5, 5.41) is 10.3. The predicted octanol–water partition coefficient (Wildman–Crippen LogP) is 3.20. The zero-order chi connectivity index (χ0) is 22.9. The van der Waals surface area contributed by atoms with Crippen LogP contribution in [0, 0.1) is 6.92 Å². The molecule has 0 bridgehead atoms. The molecule has 8 nitrogen and oxygen atoms in total. The summed E-state index contributed by atoms with van der Waals surface area (Å²) >= 11 is 0. The highest BCUT2D eigenvalue weighted by atomic mass is 19.4. The topological polar surface area (TPSA) is 96.8 Å². The Kier molecular flexibility index (Phi) is 6.18. The van der Waals surface area contributed by atoms with Crippen LogP contribution in [0.25, 0.3) is 0 Å². The maximum absolute atomic E-state index is 13.2. The van der Waals surface area contributed by atoms with Gasteiger partial charge in [-0.2, -0.15) is 32.0 Å². The van der Waals surface area contributed by atoms with Gasteiger partial charge in [0, 0.05) is 13.2 Å². The minimum Gasteiger partial charge on any atom is -0.372 e. The monoisotopic (exact) mass is 439 g/mol. The molecule has 2 rings (SSSR count). The second kappa shape index (κ2) is 7.99. The van der Waals surface area contributed by atoms with E-state index in [0.717, 1.165) is 4.68 Å².